The zero-order chi connectivity index (χ0) is 21.4. The van der Waals surface area contributed by atoms with E-state index in [1.54, 1.807) is 0 Å². The van der Waals surface area contributed by atoms with E-state index in [4.69, 9.17) is 0 Å². The summed E-state index contributed by atoms with van der Waals surface area (Å²) in [6.07, 6.45) is 2.77. The lowest BCUT2D eigenvalue weighted by Gasteiger charge is -2.32. The Bertz CT molecular complexity index is 1120. The van der Waals surface area contributed by atoms with E-state index in [2.05, 4.69) is 70.1 Å². The Morgan fingerprint density at radius 1 is 0.806 bits per heavy atom. The summed E-state index contributed by atoms with van der Waals surface area (Å²) >= 11 is 0. The molecule has 1 heterocycles. The second kappa shape index (κ2) is 7.95. The minimum atomic E-state index is -0.252. The maximum absolute atomic E-state index is 13.5. The largest absolute Gasteiger partial charge is 0.378 e. The topological polar surface area (TPSA) is 44.4 Å². The minimum absolute atomic E-state index is 0.0921. The van der Waals surface area contributed by atoms with E-state index in [1.165, 1.54) is 5.56 Å². The van der Waals surface area contributed by atoms with E-state index in [9.17, 15) is 4.79 Å². The molecular weight excluding hydrogens is 382 g/mol. The number of hydrogen-bond donors (Lipinski definition) is 2. The van der Waals surface area contributed by atoms with Crippen LogP contribution < -0.4 is 15.5 Å². The van der Waals surface area contributed by atoms with Crippen molar-refractivity contribution in [1.29, 1.82) is 0 Å². The highest BCUT2D eigenvalue weighted by Gasteiger charge is 2.39. The number of benzene rings is 3. The predicted molar refractivity (Wildman–Crippen MR) is 128 cm³/mol. The third-order valence-electron chi connectivity index (χ3n) is 6.33. The first-order valence-corrected chi connectivity index (χ1v) is 10.8. The molecule has 5 rings (SSSR count). The van der Waals surface area contributed by atoms with Crippen molar-refractivity contribution in [3.05, 3.63) is 102 Å². The highest BCUT2D eigenvalue weighted by atomic mass is 16.1. The molecular formula is C27H27N3O. The molecule has 31 heavy (non-hydrogen) atoms. The van der Waals surface area contributed by atoms with Crippen molar-refractivity contribution in [2.24, 2.45) is 5.92 Å². The second-order valence-corrected chi connectivity index (χ2v) is 8.57. The van der Waals surface area contributed by atoms with Gasteiger partial charge in [-0.2, -0.15) is 0 Å². The fourth-order valence-corrected chi connectivity index (χ4v) is 4.68. The van der Waals surface area contributed by atoms with Gasteiger partial charge in [0.2, 0.25) is 0 Å². The van der Waals surface area contributed by atoms with Crippen LogP contribution in [0.15, 0.2) is 90.6 Å². The van der Waals surface area contributed by atoms with Crippen LogP contribution in [0.25, 0.3) is 0 Å². The number of para-hydroxylation sites is 2. The van der Waals surface area contributed by atoms with Gasteiger partial charge in [-0.1, -0.05) is 60.7 Å². The molecule has 2 aliphatic rings. The Kier molecular flexibility index (Phi) is 4.99. The Morgan fingerprint density at radius 2 is 1.48 bits per heavy atom. The zero-order valence-electron chi connectivity index (χ0n) is 17.9. The highest BCUT2D eigenvalue weighted by molar-refractivity contribution is 5.90. The fraction of sp³-hybridized carbons (Fsp3) is 0.222. The number of fused-ring (bicyclic) bond motifs is 2. The van der Waals surface area contributed by atoms with Gasteiger partial charge < -0.3 is 15.5 Å². The molecule has 3 unspecified atom stereocenters. The van der Waals surface area contributed by atoms with Crippen LogP contribution in [0, 0.1) is 5.92 Å². The number of Topliss-reactive ketones (excluding diaryl/α,β-unsaturated/α-hetero) is 1. The molecule has 156 valence electrons. The summed E-state index contributed by atoms with van der Waals surface area (Å²) < 4.78 is 0. The first-order chi connectivity index (χ1) is 15.1. The van der Waals surface area contributed by atoms with Gasteiger partial charge in [-0.05, 0) is 35.4 Å². The Hall–Kier alpha value is -3.53. The van der Waals surface area contributed by atoms with Crippen LogP contribution in [0.5, 0.6) is 0 Å². The van der Waals surface area contributed by atoms with E-state index in [0.717, 1.165) is 28.3 Å². The number of ketones is 1. The maximum atomic E-state index is 13.5. The number of allylic oxidation sites excluding steroid dienone is 1. The van der Waals surface area contributed by atoms with E-state index in [1.807, 2.05) is 44.4 Å². The summed E-state index contributed by atoms with van der Waals surface area (Å²) in [5.41, 5.74) is 6.46. The molecule has 0 fully saturated rings. The first kappa shape index (κ1) is 19.4. The summed E-state index contributed by atoms with van der Waals surface area (Å²) in [7, 11) is 4.07. The summed E-state index contributed by atoms with van der Waals surface area (Å²) in [5.74, 6) is 0.105. The quantitative estimate of drug-likeness (QED) is 0.592. The summed E-state index contributed by atoms with van der Waals surface area (Å²) in [6, 6.07) is 26.9. The molecule has 0 spiro atoms. The van der Waals surface area contributed by atoms with Crippen molar-refractivity contribution in [3.8, 4) is 0 Å². The van der Waals surface area contributed by atoms with Gasteiger partial charge in [-0.25, -0.2) is 0 Å². The molecule has 4 heteroatoms. The van der Waals surface area contributed by atoms with Crippen molar-refractivity contribution in [2.75, 3.05) is 29.6 Å². The van der Waals surface area contributed by atoms with Gasteiger partial charge in [-0.3, -0.25) is 4.79 Å². The normalized spacial score (nSPS) is 22.2. The Balaban J connectivity index is 1.59. The van der Waals surface area contributed by atoms with Crippen molar-refractivity contribution >= 4 is 22.8 Å². The SMILES string of the molecule is CN(C)c1ccc(C2Nc3ccccc3NC3=CC(c4ccccc4)CC(=O)C32)cc1. The number of carbonyl (C=O) groups excluding carboxylic acids is 1. The smallest absolute Gasteiger partial charge is 0.145 e. The van der Waals surface area contributed by atoms with Crippen LogP contribution in [0.1, 0.15) is 29.5 Å². The molecule has 3 aromatic rings. The molecule has 0 saturated carbocycles. The molecule has 0 radical (unpaired) electrons. The van der Waals surface area contributed by atoms with E-state index >= 15 is 0 Å². The van der Waals surface area contributed by atoms with Crippen LogP contribution in [-0.2, 0) is 4.79 Å². The lowest BCUT2D eigenvalue weighted by Crippen LogP contribution is -2.33. The number of nitrogens with one attached hydrogen (secondary N) is 2. The third-order valence-corrected chi connectivity index (χ3v) is 6.33. The molecule has 0 amide bonds. The van der Waals surface area contributed by atoms with Gasteiger partial charge in [0.05, 0.1) is 23.3 Å². The summed E-state index contributed by atoms with van der Waals surface area (Å²) in [4.78, 5) is 15.6. The third kappa shape index (κ3) is 3.70. The van der Waals surface area contributed by atoms with Gasteiger partial charge in [0.15, 0.2) is 0 Å². The van der Waals surface area contributed by atoms with E-state index < -0.39 is 0 Å². The van der Waals surface area contributed by atoms with Crippen LogP contribution in [0.2, 0.25) is 0 Å². The monoisotopic (exact) mass is 409 g/mol. The summed E-state index contributed by atoms with van der Waals surface area (Å²) in [6.45, 7) is 0. The zero-order valence-corrected chi connectivity index (χ0v) is 17.9. The lowest BCUT2D eigenvalue weighted by atomic mass is 9.76. The number of anilines is 3. The summed E-state index contributed by atoms with van der Waals surface area (Å²) in [5, 5.41) is 7.26. The van der Waals surface area contributed by atoms with Crippen LogP contribution in [0.3, 0.4) is 0 Å². The van der Waals surface area contributed by atoms with Crippen molar-refractivity contribution in [3.63, 3.8) is 0 Å². The van der Waals surface area contributed by atoms with E-state index in [0.29, 0.717) is 6.42 Å². The van der Waals surface area contributed by atoms with Gasteiger partial charge in [-0.15, -0.1) is 0 Å². The average Bonchev–Trinajstić information content (AvgIpc) is 2.96. The molecule has 3 atom stereocenters. The molecule has 2 N–H and O–H groups in total. The Labute approximate surface area is 183 Å². The van der Waals surface area contributed by atoms with Crippen molar-refractivity contribution in [1.82, 2.24) is 0 Å². The number of nitrogens with zero attached hydrogens (tertiary/aromatic N) is 1. The van der Waals surface area contributed by atoms with Crippen LogP contribution >= 0.6 is 0 Å². The molecule has 3 aromatic carbocycles. The number of hydrogen-bond acceptors (Lipinski definition) is 4. The first-order valence-electron chi connectivity index (χ1n) is 10.8. The molecule has 4 nitrogen and oxygen atoms in total. The second-order valence-electron chi connectivity index (χ2n) is 8.57. The molecule has 0 saturated heterocycles. The molecule has 0 bridgehead atoms. The maximum Gasteiger partial charge on any atom is 0.145 e. The van der Waals surface area contributed by atoms with Gasteiger partial charge in [0.25, 0.3) is 0 Å². The molecule has 0 aromatic heterocycles. The van der Waals surface area contributed by atoms with Gasteiger partial charge >= 0.3 is 0 Å². The average molecular weight is 410 g/mol. The standard InChI is InChI=1S/C27H27N3O/c1-30(2)21-14-12-19(13-15-21)27-26-24(28-22-10-6-7-11-23(22)29-27)16-20(17-25(26)31)18-8-4-3-5-9-18/h3-16,20,26-29H,17H2,1-2H3. The fourth-order valence-electron chi connectivity index (χ4n) is 4.68. The predicted octanol–water partition coefficient (Wildman–Crippen LogP) is 5.59. The highest BCUT2D eigenvalue weighted by Crippen LogP contribution is 2.44. The van der Waals surface area contributed by atoms with Gasteiger partial charge in [0, 0.05) is 37.8 Å². The van der Waals surface area contributed by atoms with Crippen LogP contribution in [-0.4, -0.2) is 19.9 Å². The molecule has 1 aliphatic heterocycles. The van der Waals surface area contributed by atoms with Crippen molar-refractivity contribution < 1.29 is 4.79 Å². The van der Waals surface area contributed by atoms with E-state index in [-0.39, 0.29) is 23.7 Å². The lowest BCUT2D eigenvalue weighted by molar-refractivity contribution is -0.122. The van der Waals surface area contributed by atoms with Gasteiger partial charge in [0.1, 0.15) is 5.78 Å². The molecule has 1 aliphatic carbocycles. The number of rotatable bonds is 3. The van der Waals surface area contributed by atoms with Crippen molar-refractivity contribution in [2.45, 2.75) is 18.4 Å². The van der Waals surface area contributed by atoms with Crippen LogP contribution in [0.4, 0.5) is 17.1 Å². The number of carbonyl (C=O) groups is 1. The minimum Gasteiger partial charge on any atom is -0.378 e. The Morgan fingerprint density at radius 3 is 2.19 bits per heavy atom.